The Kier molecular flexibility index (Phi) is 6.10. The third kappa shape index (κ3) is 4.01. The Morgan fingerprint density at radius 1 is 0.708 bits per heavy atom. The molecule has 2 rings (SSSR count). The van der Waals surface area contributed by atoms with E-state index in [0.29, 0.717) is 18.0 Å². The molecule has 24 heavy (non-hydrogen) atoms. The number of aryl methyl sites for hydroxylation is 3. The van der Waals surface area contributed by atoms with E-state index in [2.05, 4.69) is 38.2 Å². The molecule has 130 valence electrons. The first-order valence-corrected chi connectivity index (χ1v) is 8.06. The standard InChI is InChI=1S/C20H27NO3/c1-13-7-14(2)17(15(3)8-13)12-21-11-16-9-19(23-5)20(24-6)10-18(16)22-4/h7-10,21H,11-12H2,1-6H3. The predicted molar refractivity (Wildman–Crippen MR) is 97.3 cm³/mol. The van der Waals surface area contributed by atoms with Crippen LogP contribution >= 0.6 is 0 Å². The number of nitrogens with one attached hydrogen (secondary N) is 1. The molecule has 1 N–H and O–H groups in total. The van der Waals surface area contributed by atoms with E-state index in [1.54, 1.807) is 21.3 Å². The monoisotopic (exact) mass is 329 g/mol. The van der Waals surface area contributed by atoms with Gasteiger partial charge in [-0.2, -0.15) is 0 Å². The lowest BCUT2D eigenvalue weighted by atomic mass is 10.00. The van der Waals surface area contributed by atoms with Gasteiger partial charge in [0.1, 0.15) is 5.75 Å². The molecule has 0 saturated heterocycles. The molecule has 0 atom stereocenters. The molecule has 0 unspecified atom stereocenters. The largest absolute Gasteiger partial charge is 0.496 e. The molecule has 0 radical (unpaired) electrons. The van der Waals surface area contributed by atoms with E-state index in [4.69, 9.17) is 14.2 Å². The lowest BCUT2D eigenvalue weighted by Gasteiger charge is -2.16. The quantitative estimate of drug-likeness (QED) is 0.835. The Morgan fingerprint density at radius 3 is 1.79 bits per heavy atom. The zero-order valence-corrected chi connectivity index (χ0v) is 15.4. The van der Waals surface area contributed by atoms with Crippen LogP contribution in [0, 0.1) is 20.8 Å². The van der Waals surface area contributed by atoms with Gasteiger partial charge in [-0.05, 0) is 43.5 Å². The Morgan fingerprint density at radius 2 is 1.25 bits per heavy atom. The molecule has 0 fully saturated rings. The van der Waals surface area contributed by atoms with Crippen LogP contribution in [-0.2, 0) is 13.1 Å². The highest BCUT2D eigenvalue weighted by Crippen LogP contribution is 2.34. The first-order chi connectivity index (χ1) is 11.5. The highest BCUT2D eigenvalue weighted by molar-refractivity contribution is 5.50. The van der Waals surface area contributed by atoms with E-state index < -0.39 is 0 Å². The van der Waals surface area contributed by atoms with Gasteiger partial charge in [0.15, 0.2) is 11.5 Å². The van der Waals surface area contributed by atoms with Crippen molar-refractivity contribution in [2.75, 3.05) is 21.3 Å². The van der Waals surface area contributed by atoms with Crippen molar-refractivity contribution in [1.29, 1.82) is 0 Å². The van der Waals surface area contributed by atoms with E-state index >= 15 is 0 Å². The molecule has 0 bridgehead atoms. The third-order valence-electron chi connectivity index (χ3n) is 4.24. The number of benzene rings is 2. The number of hydrogen-bond donors (Lipinski definition) is 1. The molecule has 0 aliphatic heterocycles. The van der Waals surface area contributed by atoms with Gasteiger partial charge in [0.25, 0.3) is 0 Å². The summed E-state index contributed by atoms with van der Waals surface area (Å²) in [6.07, 6.45) is 0. The van der Waals surface area contributed by atoms with Gasteiger partial charge >= 0.3 is 0 Å². The SMILES string of the molecule is COc1cc(OC)c(OC)cc1CNCc1c(C)cc(C)cc1C. The van der Waals surface area contributed by atoms with Crippen LogP contribution in [0.4, 0.5) is 0 Å². The zero-order chi connectivity index (χ0) is 17.7. The van der Waals surface area contributed by atoms with E-state index in [-0.39, 0.29) is 0 Å². The van der Waals surface area contributed by atoms with Gasteiger partial charge in [-0.25, -0.2) is 0 Å². The minimum atomic E-state index is 0.670. The van der Waals surface area contributed by atoms with Gasteiger partial charge < -0.3 is 19.5 Å². The minimum absolute atomic E-state index is 0.670. The summed E-state index contributed by atoms with van der Waals surface area (Å²) < 4.78 is 16.2. The van der Waals surface area contributed by atoms with Crippen molar-refractivity contribution in [1.82, 2.24) is 5.32 Å². The normalized spacial score (nSPS) is 10.6. The van der Waals surface area contributed by atoms with Crippen LogP contribution < -0.4 is 19.5 Å². The first-order valence-electron chi connectivity index (χ1n) is 8.06. The zero-order valence-electron chi connectivity index (χ0n) is 15.4. The van der Waals surface area contributed by atoms with Crippen LogP contribution in [-0.4, -0.2) is 21.3 Å². The molecule has 0 heterocycles. The fraction of sp³-hybridized carbons (Fsp3) is 0.400. The smallest absolute Gasteiger partial charge is 0.164 e. The number of hydrogen-bond acceptors (Lipinski definition) is 4. The van der Waals surface area contributed by atoms with Crippen LogP contribution in [0.1, 0.15) is 27.8 Å². The summed E-state index contributed by atoms with van der Waals surface area (Å²) in [6, 6.07) is 8.26. The van der Waals surface area contributed by atoms with Gasteiger partial charge in [0, 0.05) is 24.7 Å². The minimum Gasteiger partial charge on any atom is -0.496 e. The molecule has 0 saturated carbocycles. The van der Waals surface area contributed by atoms with Gasteiger partial charge in [0.05, 0.1) is 21.3 Å². The maximum absolute atomic E-state index is 5.48. The summed E-state index contributed by atoms with van der Waals surface area (Å²) in [5, 5.41) is 3.51. The fourth-order valence-electron chi connectivity index (χ4n) is 3.04. The summed E-state index contributed by atoms with van der Waals surface area (Å²) in [5.74, 6) is 2.17. The van der Waals surface area contributed by atoms with Crippen molar-refractivity contribution in [3.8, 4) is 17.2 Å². The van der Waals surface area contributed by atoms with E-state index in [0.717, 1.165) is 17.9 Å². The van der Waals surface area contributed by atoms with Crippen LogP contribution in [0.3, 0.4) is 0 Å². The van der Waals surface area contributed by atoms with Gasteiger partial charge in [0.2, 0.25) is 0 Å². The van der Waals surface area contributed by atoms with Crippen LogP contribution in [0.5, 0.6) is 17.2 Å². The average molecular weight is 329 g/mol. The average Bonchev–Trinajstić information content (AvgIpc) is 2.56. The van der Waals surface area contributed by atoms with Crippen molar-refractivity contribution in [2.45, 2.75) is 33.9 Å². The molecule has 4 heteroatoms. The first kappa shape index (κ1) is 18.1. The fourth-order valence-corrected chi connectivity index (χ4v) is 3.04. The van der Waals surface area contributed by atoms with Crippen LogP contribution in [0.15, 0.2) is 24.3 Å². The number of methoxy groups -OCH3 is 3. The van der Waals surface area contributed by atoms with E-state index in [9.17, 15) is 0 Å². The molecule has 0 aromatic heterocycles. The summed E-state index contributed by atoms with van der Waals surface area (Å²) in [4.78, 5) is 0. The molecular formula is C20H27NO3. The summed E-state index contributed by atoms with van der Waals surface area (Å²) in [7, 11) is 4.93. The molecule has 2 aromatic carbocycles. The second-order valence-corrected chi connectivity index (χ2v) is 6.00. The second-order valence-electron chi connectivity index (χ2n) is 6.00. The van der Waals surface area contributed by atoms with Crippen molar-refractivity contribution < 1.29 is 14.2 Å². The molecule has 0 spiro atoms. The molecule has 0 aliphatic carbocycles. The van der Waals surface area contributed by atoms with Crippen LogP contribution in [0.2, 0.25) is 0 Å². The predicted octanol–water partition coefficient (Wildman–Crippen LogP) is 3.93. The Bertz CT molecular complexity index is 687. The molecule has 0 amide bonds. The van der Waals surface area contributed by atoms with E-state index in [1.165, 1.54) is 22.3 Å². The lowest BCUT2D eigenvalue weighted by molar-refractivity contribution is 0.347. The third-order valence-corrected chi connectivity index (χ3v) is 4.24. The van der Waals surface area contributed by atoms with Gasteiger partial charge in [-0.15, -0.1) is 0 Å². The highest BCUT2D eigenvalue weighted by atomic mass is 16.5. The summed E-state index contributed by atoms with van der Waals surface area (Å²) in [5.41, 5.74) is 6.33. The topological polar surface area (TPSA) is 39.7 Å². The second kappa shape index (κ2) is 8.06. The highest BCUT2D eigenvalue weighted by Gasteiger charge is 2.12. The van der Waals surface area contributed by atoms with E-state index in [1.807, 2.05) is 12.1 Å². The van der Waals surface area contributed by atoms with Crippen molar-refractivity contribution >= 4 is 0 Å². The van der Waals surface area contributed by atoms with Gasteiger partial charge in [-0.3, -0.25) is 0 Å². The Hall–Kier alpha value is -2.20. The number of ether oxygens (including phenoxy) is 3. The van der Waals surface area contributed by atoms with Crippen LogP contribution in [0.25, 0.3) is 0 Å². The number of rotatable bonds is 7. The van der Waals surface area contributed by atoms with Crippen molar-refractivity contribution in [3.05, 3.63) is 52.1 Å². The lowest BCUT2D eigenvalue weighted by Crippen LogP contribution is -2.15. The molecular weight excluding hydrogens is 302 g/mol. The maximum atomic E-state index is 5.48. The Balaban J connectivity index is 2.15. The molecule has 0 aliphatic rings. The molecule has 4 nitrogen and oxygen atoms in total. The molecule has 2 aromatic rings. The van der Waals surface area contributed by atoms with Crippen molar-refractivity contribution in [2.24, 2.45) is 0 Å². The van der Waals surface area contributed by atoms with Gasteiger partial charge in [-0.1, -0.05) is 17.7 Å². The maximum Gasteiger partial charge on any atom is 0.164 e. The summed E-state index contributed by atoms with van der Waals surface area (Å²) >= 11 is 0. The Labute approximate surface area is 144 Å². The summed E-state index contributed by atoms with van der Waals surface area (Å²) in [6.45, 7) is 7.96. The van der Waals surface area contributed by atoms with Crippen molar-refractivity contribution in [3.63, 3.8) is 0 Å².